The van der Waals surface area contributed by atoms with E-state index >= 15 is 0 Å². The average molecular weight is 211 g/mol. The monoisotopic (exact) mass is 211 g/mol. The molecule has 0 unspecified atom stereocenters. The van der Waals surface area contributed by atoms with Crippen molar-refractivity contribution in [2.45, 2.75) is 13.3 Å². The number of aromatic nitrogens is 1. The highest BCUT2D eigenvalue weighted by molar-refractivity contribution is 5.93. The first-order valence-electron chi connectivity index (χ1n) is 4.66. The molecule has 0 fully saturated rings. The maximum atomic E-state index is 11.5. The van der Waals surface area contributed by atoms with Crippen molar-refractivity contribution in [3.63, 3.8) is 0 Å². The van der Waals surface area contributed by atoms with Gasteiger partial charge in [-0.2, -0.15) is 0 Å². The van der Waals surface area contributed by atoms with Gasteiger partial charge in [-0.1, -0.05) is 6.92 Å². The van der Waals surface area contributed by atoms with Crippen molar-refractivity contribution in [3.05, 3.63) is 27.9 Å². The van der Waals surface area contributed by atoms with Gasteiger partial charge < -0.3 is 15.4 Å². The molecule has 82 valence electrons. The van der Waals surface area contributed by atoms with Crippen LogP contribution in [0.2, 0.25) is 0 Å². The van der Waals surface area contributed by atoms with Crippen LogP contribution in [0.3, 0.4) is 0 Å². The lowest BCUT2D eigenvalue weighted by Gasteiger charge is -2.01. The fourth-order valence-corrected chi connectivity index (χ4v) is 1.24. The van der Waals surface area contributed by atoms with Gasteiger partial charge >= 0.3 is 5.82 Å². The quantitative estimate of drug-likeness (QED) is 0.597. The van der Waals surface area contributed by atoms with Gasteiger partial charge in [-0.25, -0.2) is 4.57 Å². The highest BCUT2D eigenvalue weighted by atomic mass is 16.6. The van der Waals surface area contributed by atoms with Crippen LogP contribution in [0.25, 0.3) is 0 Å². The van der Waals surface area contributed by atoms with E-state index in [2.05, 4.69) is 5.32 Å². The molecule has 0 aliphatic rings. The van der Waals surface area contributed by atoms with Crippen LogP contribution in [-0.4, -0.2) is 21.9 Å². The van der Waals surface area contributed by atoms with Crippen LogP contribution in [0.1, 0.15) is 23.8 Å². The van der Waals surface area contributed by atoms with E-state index in [0.29, 0.717) is 12.2 Å². The lowest BCUT2D eigenvalue weighted by Crippen LogP contribution is -2.26. The Morgan fingerprint density at radius 1 is 1.60 bits per heavy atom. The molecular formula is C9H13N3O3. The van der Waals surface area contributed by atoms with Gasteiger partial charge in [-0.05, 0) is 17.4 Å². The highest BCUT2D eigenvalue weighted by Crippen LogP contribution is 2.14. The molecule has 0 bridgehead atoms. The Bertz CT molecular complexity index is 384. The van der Waals surface area contributed by atoms with Gasteiger partial charge in [0.25, 0.3) is 5.91 Å². The highest BCUT2D eigenvalue weighted by Gasteiger charge is 2.19. The van der Waals surface area contributed by atoms with Crippen LogP contribution in [0.5, 0.6) is 0 Å². The van der Waals surface area contributed by atoms with E-state index in [9.17, 15) is 14.9 Å². The summed E-state index contributed by atoms with van der Waals surface area (Å²) < 4.78 is 1.27. The van der Waals surface area contributed by atoms with Crippen LogP contribution in [-0.2, 0) is 7.05 Å². The maximum Gasteiger partial charge on any atom is 0.323 e. The summed E-state index contributed by atoms with van der Waals surface area (Å²) in [5.74, 6) is -0.371. The standard InChI is InChI=1S/C9H13N3O3/c1-3-6-10-9(13)7-4-5-8(11(7)2)12(14)15/h4-5H,3,6H2,1-2H3,(H,10,13). The minimum Gasteiger partial charge on any atom is -0.358 e. The summed E-state index contributed by atoms with van der Waals surface area (Å²) in [4.78, 5) is 21.5. The molecule has 1 amide bonds. The van der Waals surface area contributed by atoms with E-state index in [0.717, 1.165) is 6.42 Å². The molecule has 1 N–H and O–H groups in total. The van der Waals surface area contributed by atoms with Crippen LogP contribution in [0.15, 0.2) is 12.1 Å². The molecule has 6 nitrogen and oxygen atoms in total. The summed E-state index contributed by atoms with van der Waals surface area (Å²) >= 11 is 0. The molecule has 1 aromatic heterocycles. The Hall–Kier alpha value is -1.85. The maximum absolute atomic E-state index is 11.5. The number of carbonyl (C=O) groups is 1. The topological polar surface area (TPSA) is 77.2 Å². The molecule has 1 rings (SSSR count). The fraction of sp³-hybridized carbons (Fsp3) is 0.444. The molecule has 1 heterocycles. The van der Waals surface area contributed by atoms with Crippen molar-refractivity contribution in [3.8, 4) is 0 Å². The van der Waals surface area contributed by atoms with Gasteiger partial charge in [0.2, 0.25) is 0 Å². The van der Waals surface area contributed by atoms with Gasteiger partial charge in [0, 0.05) is 12.6 Å². The Morgan fingerprint density at radius 3 is 2.73 bits per heavy atom. The number of amides is 1. The van der Waals surface area contributed by atoms with Crippen molar-refractivity contribution in [2.24, 2.45) is 7.05 Å². The predicted octanol–water partition coefficient (Wildman–Crippen LogP) is 1.07. The molecule has 0 spiro atoms. The third-order valence-corrected chi connectivity index (χ3v) is 2.05. The number of nitro groups is 1. The average Bonchev–Trinajstić information content (AvgIpc) is 2.56. The summed E-state index contributed by atoms with van der Waals surface area (Å²) in [6.07, 6.45) is 0.832. The van der Waals surface area contributed by atoms with Gasteiger partial charge in [0.1, 0.15) is 0 Å². The zero-order valence-corrected chi connectivity index (χ0v) is 8.69. The zero-order valence-electron chi connectivity index (χ0n) is 8.69. The molecule has 0 aliphatic carbocycles. The molecule has 0 radical (unpaired) electrons. The van der Waals surface area contributed by atoms with E-state index in [1.165, 1.54) is 23.7 Å². The van der Waals surface area contributed by atoms with Crippen molar-refractivity contribution in [1.82, 2.24) is 9.88 Å². The molecule has 6 heteroatoms. The van der Waals surface area contributed by atoms with E-state index in [4.69, 9.17) is 0 Å². The smallest absolute Gasteiger partial charge is 0.323 e. The third-order valence-electron chi connectivity index (χ3n) is 2.05. The Morgan fingerprint density at radius 2 is 2.27 bits per heavy atom. The van der Waals surface area contributed by atoms with Crippen LogP contribution in [0, 0.1) is 10.1 Å². The van der Waals surface area contributed by atoms with Gasteiger partial charge in [0.15, 0.2) is 5.69 Å². The molecule has 0 saturated heterocycles. The summed E-state index contributed by atoms with van der Waals surface area (Å²) in [5, 5.41) is 13.2. The molecule has 0 saturated carbocycles. The number of nitrogens with one attached hydrogen (secondary N) is 1. The van der Waals surface area contributed by atoms with Crippen molar-refractivity contribution in [2.75, 3.05) is 6.54 Å². The first-order chi connectivity index (χ1) is 7.07. The van der Waals surface area contributed by atoms with Crippen molar-refractivity contribution < 1.29 is 9.72 Å². The lowest BCUT2D eigenvalue weighted by molar-refractivity contribution is -0.391. The Balaban J connectivity index is 2.86. The van der Waals surface area contributed by atoms with Gasteiger partial charge in [-0.3, -0.25) is 4.79 Å². The molecule has 1 aromatic rings. The number of hydrogen-bond acceptors (Lipinski definition) is 3. The zero-order chi connectivity index (χ0) is 11.4. The predicted molar refractivity (Wildman–Crippen MR) is 54.7 cm³/mol. The number of rotatable bonds is 4. The number of hydrogen-bond donors (Lipinski definition) is 1. The minimum absolute atomic E-state index is 0.0864. The molecule has 15 heavy (non-hydrogen) atoms. The Labute approximate surface area is 87.0 Å². The van der Waals surface area contributed by atoms with Crippen LogP contribution >= 0.6 is 0 Å². The first kappa shape index (κ1) is 11.2. The summed E-state index contributed by atoms with van der Waals surface area (Å²) in [7, 11) is 1.50. The fourth-order valence-electron chi connectivity index (χ4n) is 1.24. The van der Waals surface area contributed by atoms with E-state index < -0.39 is 4.92 Å². The van der Waals surface area contributed by atoms with E-state index in [1.807, 2.05) is 6.92 Å². The van der Waals surface area contributed by atoms with Crippen molar-refractivity contribution in [1.29, 1.82) is 0 Å². The lowest BCUT2D eigenvalue weighted by atomic mass is 10.4. The van der Waals surface area contributed by atoms with E-state index in [-0.39, 0.29) is 11.7 Å². The summed E-state index contributed by atoms with van der Waals surface area (Å²) in [6, 6.07) is 2.77. The second-order valence-corrected chi connectivity index (χ2v) is 3.15. The van der Waals surface area contributed by atoms with Gasteiger partial charge in [-0.15, -0.1) is 0 Å². The molecule has 0 aromatic carbocycles. The molecule has 0 aliphatic heterocycles. The second kappa shape index (κ2) is 4.59. The minimum atomic E-state index is -0.517. The van der Waals surface area contributed by atoms with Crippen LogP contribution in [0.4, 0.5) is 5.82 Å². The van der Waals surface area contributed by atoms with Crippen molar-refractivity contribution >= 4 is 11.7 Å². The summed E-state index contributed by atoms with van der Waals surface area (Å²) in [5.41, 5.74) is 0.301. The SMILES string of the molecule is CCCNC(=O)c1ccc([N+](=O)[O-])n1C. The summed E-state index contributed by atoms with van der Waals surface area (Å²) in [6.45, 7) is 2.51. The third kappa shape index (κ3) is 2.34. The largest absolute Gasteiger partial charge is 0.358 e. The first-order valence-corrected chi connectivity index (χ1v) is 4.66. The number of nitrogens with zero attached hydrogens (tertiary/aromatic N) is 2. The molecular weight excluding hydrogens is 198 g/mol. The van der Waals surface area contributed by atoms with E-state index in [1.54, 1.807) is 0 Å². The Kier molecular flexibility index (Phi) is 3.43. The molecule has 0 atom stereocenters. The van der Waals surface area contributed by atoms with Gasteiger partial charge in [0.05, 0.1) is 7.05 Å². The second-order valence-electron chi connectivity index (χ2n) is 3.15. The normalized spacial score (nSPS) is 10.0. The number of carbonyl (C=O) groups excluding carboxylic acids is 1. The van der Waals surface area contributed by atoms with Crippen LogP contribution < -0.4 is 5.32 Å².